The third-order valence-corrected chi connectivity index (χ3v) is 3.75. The lowest BCUT2D eigenvalue weighted by Crippen LogP contribution is -2.32. The molecule has 0 fully saturated rings. The number of amides is 1. The van der Waals surface area contributed by atoms with Crippen molar-refractivity contribution in [3.8, 4) is 0 Å². The lowest BCUT2D eigenvalue weighted by Gasteiger charge is -2.09. The number of carbonyl (C=O) groups excluding carboxylic acids is 1. The summed E-state index contributed by atoms with van der Waals surface area (Å²) in [7, 11) is -3.42. The summed E-state index contributed by atoms with van der Waals surface area (Å²) in [6.45, 7) is 4.35. The topological polar surface area (TPSA) is 89.3 Å². The van der Waals surface area contributed by atoms with E-state index in [0.717, 1.165) is 6.42 Å². The van der Waals surface area contributed by atoms with Gasteiger partial charge in [-0.15, -0.1) is 0 Å². The van der Waals surface area contributed by atoms with Crippen LogP contribution in [0.4, 0.5) is 0 Å². The van der Waals surface area contributed by atoms with Crippen molar-refractivity contribution in [3.63, 3.8) is 0 Å². The van der Waals surface area contributed by atoms with E-state index in [-0.39, 0.29) is 12.2 Å². The molecule has 0 aliphatic rings. The van der Waals surface area contributed by atoms with Crippen LogP contribution in [0.5, 0.6) is 0 Å². The first-order valence-electron chi connectivity index (χ1n) is 5.64. The molecule has 1 unspecified atom stereocenters. The van der Waals surface area contributed by atoms with Crippen LogP contribution in [0.1, 0.15) is 39.5 Å². The van der Waals surface area contributed by atoms with Crippen molar-refractivity contribution in [2.24, 2.45) is 11.7 Å². The van der Waals surface area contributed by atoms with Gasteiger partial charge in [-0.05, 0) is 31.7 Å². The highest BCUT2D eigenvalue weighted by Crippen LogP contribution is 2.08. The molecular formula is C10H22N2O3S. The van der Waals surface area contributed by atoms with E-state index >= 15 is 0 Å². The molecule has 5 nitrogen and oxygen atoms in total. The first-order chi connectivity index (χ1) is 7.41. The Morgan fingerprint density at radius 2 is 2.00 bits per heavy atom. The molecule has 0 aliphatic carbocycles. The molecule has 3 N–H and O–H groups in total. The second-order valence-corrected chi connectivity index (χ2v) is 5.91. The summed E-state index contributed by atoms with van der Waals surface area (Å²) in [6.07, 6.45) is 2.27. The zero-order valence-electron chi connectivity index (χ0n) is 10.0. The quantitative estimate of drug-likeness (QED) is 0.660. The van der Waals surface area contributed by atoms with Crippen molar-refractivity contribution in [3.05, 3.63) is 0 Å². The molecule has 0 spiro atoms. The number of nitrogens with two attached hydrogens (primary N) is 1. The number of rotatable bonds is 8. The maximum Gasteiger partial charge on any atom is 0.234 e. The molecule has 6 heteroatoms. The minimum absolute atomic E-state index is 0.00288. The van der Waals surface area contributed by atoms with Crippen LogP contribution in [-0.2, 0) is 14.8 Å². The summed E-state index contributed by atoms with van der Waals surface area (Å²) in [6, 6.07) is 0. The largest absolute Gasteiger partial charge is 0.330 e. The minimum Gasteiger partial charge on any atom is -0.330 e. The van der Waals surface area contributed by atoms with Crippen molar-refractivity contribution < 1.29 is 13.2 Å². The predicted octanol–water partition coefficient (Wildman–Crippen LogP) is 0.608. The number of hydrogen-bond donors (Lipinski definition) is 2. The third-order valence-electron chi connectivity index (χ3n) is 2.27. The van der Waals surface area contributed by atoms with Crippen molar-refractivity contribution in [1.29, 1.82) is 0 Å². The molecule has 0 rings (SSSR count). The Labute approximate surface area is 97.8 Å². The van der Waals surface area contributed by atoms with Crippen LogP contribution in [-0.4, -0.2) is 26.6 Å². The smallest absolute Gasteiger partial charge is 0.234 e. The Kier molecular flexibility index (Phi) is 7.33. The molecule has 96 valence electrons. The van der Waals surface area contributed by atoms with Crippen molar-refractivity contribution >= 4 is 15.9 Å². The van der Waals surface area contributed by atoms with E-state index in [1.165, 1.54) is 0 Å². The van der Waals surface area contributed by atoms with Gasteiger partial charge in [0.1, 0.15) is 0 Å². The molecule has 0 aliphatic heterocycles. The van der Waals surface area contributed by atoms with Gasteiger partial charge in [0, 0.05) is 6.42 Å². The van der Waals surface area contributed by atoms with Crippen LogP contribution in [0.3, 0.4) is 0 Å². The lowest BCUT2D eigenvalue weighted by atomic mass is 10.0. The first-order valence-corrected chi connectivity index (χ1v) is 7.30. The van der Waals surface area contributed by atoms with Gasteiger partial charge in [0.25, 0.3) is 0 Å². The Hall–Kier alpha value is -0.620. The Balaban J connectivity index is 3.91. The van der Waals surface area contributed by atoms with E-state index in [0.29, 0.717) is 25.3 Å². The molecule has 0 saturated heterocycles. The highest BCUT2D eigenvalue weighted by Gasteiger charge is 2.13. The second kappa shape index (κ2) is 7.62. The maximum absolute atomic E-state index is 11.3. The fraction of sp³-hybridized carbons (Fsp3) is 0.900. The molecule has 0 radical (unpaired) electrons. The number of hydrogen-bond acceptors (Lipinski definition) is 4. The fourth-order valence-corrected chi connectivity index (χ4v) is 2.44. The molecule has 0 aromatic rings. The summed E-state index contributed by atoms with van der Waals surface area (Å²) in [4.78, 5) is 11.3. The van der Waals surface area contributed by atoms with Gasteiger partial charge < -0.3 is 5.73 Å². The van der Waals surface area contributed by atoms with Crippen LogP contribution in [0.2, 0.25) is 0 Å². The van der Waals surface area contributed by atoms with E-state index in [1.807, 2.05) is 6.92 Å². The maximum atomic E-state index is 11.3. The van der Waals surface area contributed by atoms with Gasteiger partial charge in [-0.3, -0.25) is 9.52 Å². The van der Waals surface area contributed by atoms with Crippen molar-refractivity contribution in [2.75, 3.05) is 12.3 Å². The van der Waals surface area contributed by atoms with Gasteiger partial charge in [0.2, 0.25) is 15.9 Å². The zero-order valence-corrected chi connectivity index (χ0v) is 10.8. The molecule has 16 heavy (non-hydrogen) atoms. The van der Waals surface area contributed by atoms with Gasteiger partial charge in [-0.2, -0.15) is 0 Å². The molecular weight excluding hydrogens is 228 g/mol. The fourth-order valence-electron chi connectivity index (χ4n) is 1.35. The normalized spacial score (nSPS) is 13.4. The summed E-state index contributed by atoms with van der Waals surface area (Å²) < 4.78 is 24.6. The van der Waals surface area contributed by atoms with E-state index in [9.17, 15) is 13.2 Å². The van der Waals surface area contributed by atoms with E-state index in [2.05, 4.69) is 4.72 Å². The van der Waals surface area contributed by atoms with Crippen LogP contribution in [0, 0.1) is 5.92 Å². The Morgan fingerprint density at radius 3 is 2.50 bits per heavy atom. The van der Waals surface area contributed by atoms with Gasteiger partial charge in [-0.25, -0.2) is 8.42 Å². The molecule has 0 heterocycles. The Bertz CT molecular complexity index is 301. The molecule has 1 atom stereocenters. The van der Waals surface area contributed by atoms with Crippen LogP contribution >= 0.6 is 0 Å². The molecule has 1 amide bonds. The predicted molar refractivity (Wildman–Crippen MR) is 64.3 cm³/mol. The molecule has 0 aromatic carbocycles. The summed E-state index contributed by atoms with van der Waals surface area (Å²) in [5.41, 5.74) is 5.38. The standard InChI is InChI=1S/C10H22N2O3S/c1-3-8-16(14,15)12-10(13)5-4-9(2)6-7-11/h9H,3-8,11H2,1-2H3,(H,12,13). The van der Waals surface area contributed by atoms with Gasteiger partial charge in [0.15, 0.2) is 0 Å². The van der Waals surface area contributed by atoms with Crippen molar-refractivity contribution in [2.45, 2.75) is 39.5 Å². The average Bonchev–Trinajstić information content (AvgIpc) is 2.14. The first kappa shape index (κ1) is 15.4. The summed E-state index contributed by atoms with van der Waals surface area (Å²) >= 11 is 0. The number of sulfonamides is 1. The lowest BCUT2D eigenvalue weighted by molar-refractivity contribution is -0.119. The molecule has 0 bridgehead atoms. The number of carbonyl (C=O) groups is 1. The van der Waals surface area contributed by atoms with E-state index < -0.39 is 15.9 Å². The highest BCUT2D eigenvalue weighted by molar-refractivity contribution is 7.90. The summed E-state index contributed by atoms with van der Waals surface area (Å²) in [5, 5.41) is 0. The van der Waals surface area contributed by atoms with Gasteiger partial charge in [0.05, 0.1) is 5.75 Å². The summed E-state index contributed by atoms with van der Waals surface area (Å²) in [5.74, 6) is -0.0705. The monoisotopic (exact) mass is 250 g/mol. The van der Waals surface area contributed by atoms with Crippen LogP contribution < -0.4 is 10.5 Å². The van der Waals surface area contributed by atoms with Crippen molar-refractivity contribution in [1.82, 2.24) is 4.72 Å². The SMILES string of the molecule is CCCS(=O)(=O)NC(=O)CCC(C)CCN. The average molecular weight is 250 g/mol. The molecule has 0 aromatic heterocycles. The highest BCUT2D eigenvalue weighted by atomic mass is 32.2. The second-order valence-electron chi connectivity index (χ2n) is 4.07. The Morgan fingerprint density at radius 1 is 1.38 bits per heavy atom. The zero-order chi connectivity index (χ0) is 12.6. The van der Waals surface area contributed by atoms with E-state index in [4.69, 9.17) is 5.73 Å². The van der Waals surface area contributed by atoms with Crippen LogP contribution in [0.25, 0.3) is 0 Å². The van der Waals surface area contributed by atoms with Crippen LogP contribution in [0.15, 0.2) is 0 Å². The van der Waals surface area contributed by atoms with Gasteiger partial charge in [-0.1, -0.05) is 13.8 Å². The number of nitrogens with one attached hydrogen (secondary N) is 1. The van der Waals surface area contributed by atoms with Gasteiger partial charge >= 0.3 is 0 Å². The molecule has 0 saturated carbocycles. The minimum atomic E-state index is -3.42. The van der Waals surface area contributed by atoms with E-state index in [1.54, 1.807) is 6.92 Å². The third kappa shape index (κ3) is 7.64.